The van der Waals surface area contributed by atoms with Crippen LogP contribution in [0.1, 0.15) is 18.1 Å². The average Bonchev–Trinajstić information content (AvgIpc) is 3.19. The van der Waals surface area contributed by atoms with Gasteiger partial charge in [0.05, 0.1) is 6.54 Å². The molecule has 0 saturated carbocycles. The number of nitrogens with one attached hydrogen (secondary N) is 1. The zero-order valence-corrected chi connectivity index (χ0v) is 21.3. The van der Waals surface area contributed by atoms with Gasteiger partial charge in [-0.1, -0.05) is 12.1 Å². The van der Waals surface area contributed by atoms with Crippen LogP contribution < -0.4 is 20.5 Å². The highest BCUT2D eigenvalue weighted by molar-refractivity contribution is 5.96. The highest BCUT2D eigenvalue weighted by Gasteiger charge is 2.27. The third kappa shape index (κ3) is 4.01. The van der Waals surface area contributed by atoms with Gasteiger partial charge in [0, 0.05) is 31.5 Å². The van der Waals surface area contributed by atoms with E-state index in [-0.39, 0.29) is 24.6 Å². The van der Waals surface area contributed by atoms with Gasteiger partial charge in [0.1, 0.15) is 5.39 Å². The summed E-state index contributed by atoms with van der Waals surface area (Å²) < 4.78 is 8.72. The molecule has 1 amide bonds. The Morgan fingerprint density at radius 3 is 2.84 bits per heavy atom. The number of benzene rings is 1. The quantitative estimate of drug-likeness (QED) is 0.393. The lowest BCUT2D eigenvalue weighted by atomic mass is 9.99. The van der Waals surface area contributed by atoms with Crippen LogP contribution in [0.4, 0.5) is 17.5 Å². The van der Waals surface area contributed by atoms with Gasteiger partial charge < -0.3 is 15.0 Å². The summed E-state index contributed by atoms with van der Waals surface area (Å²) in [6.07, 6.45) is 4.15. The fraction of sp³-hybridized carbons (Fsp3) is 0.296. The number of rotatable bonds is 6. The number of pyridine rings is 1. The number of hydrogen-bond acceptors (Lipinski definition) is 8. The average molecular weight is 513 g/mol. The van der Waals surface area contributed by atoms with Crippen molar-refractivity contribution in [2.24, 2.45) is 0 Å². The molecule has 0 unspecified atom stereocenters. The maximum atomic E-state index is 13.3. The molecule has 11 heteroatoms. The minimum atomic E-state index is -0.261. The summed E-state index contributed by atoms with van der Waals surface area (Å²) in [5.41, 5.74) is 3.64. The number of fused-ring (bicyclic) bond motifs is 3. The predicted molar refractivity (Wildman–Crippen MR) is 144 cm³/mol. The summed E-state index contributed by atoms with van der Waals surface area (Å²) in [5.74, 6) is 1.54. The molecule has 1 aromatic carbocycles. The van der Waals surface area contributed by atoms with Crippen LogP contribution in [0.15, 0.2) is 54.0 Å². The Morgan fingerprint density at radius 1 is 1.16 bits per heavy atom. The fourth-order valence-corrected chi connectivity index (χ4v) is 5.02. The number of nitrogens with zero attached hydrogens (tertiary/aromatic N) is 7. The number of hydrogen-bond donors (Lipinski definition) is 1. The lowest BCUT2D eigenvalue weighted by Gasteiger charge is -2.27. The van der Waals surface area contributed by atoms with E-state index < -0.39 is 0 Å². The topological polar surface area (TPSA) is 110 Å². The third-order valence-electron chi connectivity index (χ3n) is 6.91. The third-order valence-corrected chi connectivity index (χ3v) is 6.91. The second-order valence-corrected chi connectivity index (χ2v) is 9.43. The lowest BCUT2D eigenvalue weighted by Crippen LogP contribution is -2.39. The van der Waals surface area contributed by atoms with Crippen molar-refractivity contribution >= 4 is 34.4 Å². The number of amides is 1. The van der Waals surface area contributed by atoms with E-state index >= 15 is 0 Å². The lowest BCUT2D eigenvalue weighted by molar-refractivity contribution is -0.121. The normalized spacial score (nSPS) is 15.2. The van der Waals surface area contributed by atoms with Gasteiger partial charge in [0.25, 0.3) is 11.5 Å². The van der Waals surface area contributed by atoms with Gasteiger partial charge in [0.15, 0.2) is 29.6 Å². The summed E-state index contributed by atoms with van der Waals surface area (Å²) in [5, 5.41) is 3.65. The Kier molecular flexibility index (Phi) is 5.91. The molecule has 0 atom stereocenters. The molecule has 0 spiro atoms. The van der Waals surface area contributed by atoms with Gasteiger partial charge in [0.2, 0.25) is 5.95 Å². The summed E-state index contributed by atoms with van der Waals surface area (Å²) in [4.78, 5) is 43.5. The maximum Gasteiger partial charge on any atom is 0.278 e. The van der Waals surface area contributed by atoms with Crippen LogP contribution in [0.25, 0.3) is 16.9 Å². The van der Waals surface area contributed by atoms with E-state index in [2.05, 4.69) is 41.0 Å². The molecule has 6 rings (SSSR count). The molecule has 2 aliphatic heterocycles. The summed E-state index contributed by atoms with van der Waals surface area (Å²) in [6.45, 7) is 8.29. The maximum absolute atomic E-state index is 13.3. The van der Waals surface area contributed by atoms with Crippen LogP contribution in [0.5, 0.6) is 5.75 Å². The molecule has 0 bridgehead atoms. The molecule has 2 aliphatic rings. The Morgan fingerprint density at radius 2 is 2.03 bits per heavy atom. The molecular weight excluding hydrogens is 484 g/mol. The molecule has 4 aromatic rings. The van der Waals surface area contributed by atoms with Crippen LogP contribution in [0, 0.1) is 0 Å². The van der Waals surface area contributed by atoms with E-state index in [4.69, 9.17) is 14.7 Å². The fourth-order valence-electron chi connectivity index (χ4n) is 5.02. The Hall–Kier alpha value is -4.51. The first-order valence-electron chi connectivity index (χ1n) is 12.6. The number of carbonyl (C=O) groups excluding carboxylic acids is 1. The molecule has 194 valence electrons. The van der Waals surface area contributed by atoms with Crippen molar-refractivity contribution in [2.45, 2.75) is 26.4 Å². The van der Waals surface area contributed by atoms with Crippen molar-refractivity contribution in [1.29, 1.82) is 0 Å². The van der Waals surface area contributed by atoms with Gasteiger partial charge in [-0.3, -0.25) is 14.5 Å². The summed E-state index contributed by atoms with van der Waals surface area (Å²) >= 11 is 0. The molecule has 3 aromatic heterocycles. The first kappa shape index (κ1) is 23.9. The standard InChI is InChI=1S/C27H28N8O3/c1-4-11-34-26(37)20-14-28-27(29-19-7-6-18-15-32(3)12-10-17(18)13-19)31-24(20)35(34)22-9-8-21-25(30-22)33(5-2)23(36)16-38-21/h4,6-9,13-14H,1,5,10-12,15-16H2,2-3H3,(H,28,29,31). The van der Waals surface area contributed by atoms with E-state index in [0.717, 1.165) is 25.2 Å². The molecule has 38 heavy (non-hydrogen) atoms. The monoisotopic (exact) mass is 512 g/mol. The molecule has 5 heterocycles. The predicted octanol–water partition coefficient (Wildman–Crippen LogP) is 2.64. The van der Waals surface area contributed by atoms with Gasteiger partial charge >= 0.3 is 0 Å². The van der Waals surface area contributed by atoms with Crippen LogP contribution in [0.3, 0.4) is 0 Å². The van der Waals surface area contributed by atoms with Crippen LogP contribution in [-0.4, -0.2) is 61.9 Å². The van der Waals surface area contributed by atoms with Gasteiger partial charge in [-0.25, -0.2) is 19.3 Å². The van der Waals surface area contributed by atoms with Crippen LogP contribution in [0.2, 0.25) is 0 Å². The van der Waals surface area contributed by atoms with E-state index in [0.29, 0.717) is 40.9 Å². The highest BCUT2D eigenvalue weighted by Crippen LogP contribution is 2.31. The second-order valence-electron chi connectivity index (χ2n) is 9.43. The Bertz CT molecular complexity index is 1640. The van der Waals surface area contributed by atoms with E-state index in [1.807, 2.05) is 13.0 Å². The molecule has 0 saturated heterocycles. The first-order valence-corrected chi connectivity index (χ1v) is 12.6. The van der Waals surface area contributed by atoms with Crippen molar-refractivity contribution in [3.05, 3.63) is 70.7 Å². The highest BCUT2D eigenvalue weighted by atomic mass is 16.5. The smallest absolute Gasteiger partial charge is 0.278 e. The number of ether oxygens (including phenoxy) is 1. The van der Waals surface area contributed by atoms with Crippen molar-refractivity contribution in [3.8, 4) is 11.6 Å². The SMILES string of the molecule is C=CCn1c(=O)c2cnc(Nc3ccc4c(c3)CCN(C)C4)nc2n1-c1ccc2c(n1)N(CC)C(=O)CO2. The number of carbonyl (C=O) groups is 1. The van der Waals surface area contributed by atoms with Crippen LogP contribution >= 0.6 is 0 Å². The largest absolute Gasteiger partial charge is 0.480 e. The zero-order chi connectivity index (χ0) is 26.4. The number of anilines is 3. The minimum Gasteiger partial charge on any atom is -0.480 e. The van der Waals surface area contributed by atoms with Crippen molar-refractivity contribution in [1.82, 2.24) is 29.2 Å². The minimum absolute atomic E-state index is 0.0306. The van der Waals surface area contributed by atoms with E-state index in [1.54, 1.807) is 27.8 Å². The molecule has 11 nitrogen and oxygen atoms in total. The van der Waals surface area contributed by atoms with Crippen molar-refractivity contribution in [2.75, 3.05) is 37.0 Å². The van der Waals surface area contributed by atoms with Crippen LogP contribution in [-0.2, 0) is 24.3 Å². The van der Waals surface area contributed by atoms with Gasteiger partial charge in [-0.15, -0.1) is 6.58 Å². The second kappa shape index (κ2) is 9.42. The Balaban J connectivity index is 1.44. The van der Waals surface area contributed by atoms with E-state index in [9.17, 15) is 9.59 Å². The zero-order valence-electron chi connectivity index (χ0n) is 21.3. The first-order chi connectivity index (χ1) is 18.5. The number of aromatic nitrogens is 5. The number of allylic oxidation sites excluding steroid dienone is 1. The molecule has 0 aliphatic carbocycles. The van der Waals surface area contributed by atoms with Gasteiger partial charge in [-0.2, -0.15) is 4.98 Å². The van der Waals surface area contributed by atoms with Gasteiger partial charge in [-0.05, 0) is 55.8 Å². The van der Waals surface area contributed by atoms with Crippen molar-refractivity contribution < 1.29 is 9.53 Å². The molecule has 0 radical (unpaired) electrons. The molecule has 1 N–H and O–H groups in total. The number of likely N-dealkylation sites (N-methyl/N-ethyl adjacent to an activating group) is 2. The Labute approximate surface area is 219 Å². The summed E-state index contributed by atoms with van der Waals surface area (Å²) in [7, 11) is 2.12. The summed E-state index contributed by atoms with van der Waals surface area (Å²) in [6, 6.07) is 9.78. The molecule has 0 fully saturated rings. The van der Waals surface area contributed by atoms with E-state index in [1.165, 1.54) is 22.0 Å². The van der Waals surface area contributed by atoms with Crippen molar-refractivity contribution in [3.63, 3.8) is 0 Å². The molecular formula is C27H28N8O3.